The van der Waals surface area contributed by atoms with Crippen molar-refractivity contribution >= 4 is 32.9 Å². The predicted octanol–water partition coefficient (Wildman–Crippen LogP) is 5.09. The fourth-order valence-electron chi connectivity index (χ4n) is 2.26. The molecule has 1 aromatic carbocycles. The van der Waals surface area contributed by atoms with Gasteiger partial charge in [0.15, 0.2) is 0 Å². The van der Waals surface area contributed by atoms with Crippen LogP contribution in [0.1, 0.15) is 24.5 Å². The third-order valence-electron chi connectivity index (χ3n) is 3.16. The lowest BCUT2D eigenvalue weighted by atomic mass is 9.92. The zero-order valence-electron chi connectivity index (χ0n) is 10.2. The Morgan fingerprint density at radius 2 is 2.17 bits per heavy atom. The van der Waals surface area contributed by atoms with E-state index in [9.17, 15) is 0 Å². The molecule has 94 valence electrons. The van der Waals surface area contributed by atoms with Crippen LogP contribution in [0, 0.1) is 3.82 Å². The van der Waals surface area contributed by atoms with Crippen LogP contribution in [0.15, 0.2) is 18.2 Å². The molecule has 0 bridgehead atoms. The van der Waals surface area contributed by atoms with E-state index in [4.69, 9.17) is 17.0 Å². The number of hydrogen-bond acceptors (Lipinski definition) is 4. The zero-order chi connectivity index (χ0) is 12.5. The van der Waals surface area contributed by atoms with E-state index in [2.05, 4.69) is 25.1 Å². The van der Waals surface area contributed by atoms with Gasteiger partial charge in [0, 0.05) is 5.56 Å². The Bertz CT molecular complexity index is 624. The Morgan fingerprint density at radius 3 is 3.00 bits per heavy atom. The Hall–Kier alpha value is -0.710. The summed E-state index contributed by atoms with van der Waals surface area (Å²) in [7, 11) is 3.54. The molecule has 1 aliphatic carbocycles. The van der Waals surface area contributed by atoms with Crippen molar-refractivity contribution in [3.8, 4) is 16.2 Å². The van der Waals surface area contributed by atoms with Gasteiger partial charge in [-0.15, -0.1) is 0 Å². The quantitative estimate of drug-likeness (QED) is 0.576. The van der Waals surface area contributed by atoms with E-state index in [0.717, 1.165) is 35.4 Å². The molecule has 0 aliphatic heterocycles. The second-order valence-electron chi connectivity index (χ2n) is 4.43. The van der Waals surface area contributed by atoms with E-state index < -0.39 is 0 Å². The summed E-state index contributed by atoms with van der Waals surface area (Å²) in [5, 5.41) is 0. The van der Waals surface area contributed by atoms with E-state index in [1.807, 2.05) is 10.3 Å². The molecule has 4 heteroatoms. The summed E-state index contributed by atoms with van der Waals surface area (Å²) in [6.45, 7) is 2.92. The van der Waals surface area contributed by atoms with Crippen molar-refractivity contribution in [1.29, 1.82) is 0 Å². The van der Waals surface area contributed by atoms with E-state index in [1.54, 1.807) is 10.3 Å². The van der Waals surface area contributed by atoms with Crippen molar-refractivity contribution in [3.05, 3.63) is 33.1 Å². The van der Waals surface area contributed by atoms with Crippen LogP contribution in [-0.4, -0.2) is 6.61 Å². The van der Waals surface area contributed by atoms with Crippen LogP contribution < -0.4 is 4.74 Å². The van der Waals surface area contributed by atoms with E-state index in [0.29, 0.717) is 0 Å². The van der Waals surface area contributed by atoms with Gasteiger partial charge < -0.3 is 4.74 Å². The second-order valence-corrected chi connectivity index (χ2v) is 7.25. The monoisotopic (exact) mass is 294 g/mol. The van der Waals surface area contributed by atoms with Gasteiger partial charge in [-0.1, -0.05) is 39.8 Å². The summed E-state index contributed by atoms with van der Waals surface area (Å²) in [6, 6.07) is 6.47. The summed E-state index contributed by atoms with van der Waals surface area (Å²) < 4.78 is 6.78. The van der Waals surface area contributed by atoms with Crippen LogP contribution in [-0.2, 0) is 12.8 Å². The van der Waals surface area contributed by atoms with Crippen molar-refractivity contribution in [1.82, 2.24) is 0 Å². The molecular formula is C14H14OS3. The molecule has 18 heavy (non-hydrogen) atoms. The van der Waals surface area contributed by atoms with Gasteiger partial charge >= 0.3 is 0 Å². The maximum Gasteiger partial charge on any atom is 0.119 e. The third-order valence-corrected chi connectivity index (χ3v) is 6.34. The van der Waals surface area contributed by atoms with Gasteiger partial charge in [-0.3, -0.25) is 0 Å². The highest BCUT2D eigenvalue weighted by molar-refractivity contribution is 7.80. The maximum atomic E-state index is 5.70. The topological polar surface area (TPSA) is 9.23 Å². The van der Waals surface area contributed by atoms with Crippen LogP contribution >= 0.6 is 32.9 Å². The Kier molecular flexibility index (Phi) is 3.50. The average Bonchev–Trinajstić information content (AvgIpc) is 2.78. The Labute approximate surface area is 119 Å². The van der Waals surface area contributed by atoms with Crippen molar-refractivity contribution in [2.24, 2.45) is 0 Å². The molecule has 0 amide bonds. The Balaban J connectivity index is 2.00. The molecule has 0 saturated heterocycles. The average molecular weight is 294 g/mol. The van der Waals surface area contributed by atoms with Gasteiger partial charge in [0.1, 0.15) is 9.57 Å². The highest BCUT2D eigenvalue weighted by atomic mass is 32.9. The van der Waals surface area contributed by atoms with Crippen LogP contribution in [0.25, 0.3) is 10.4 Å². The molecule has 3 rings (SSSR count). The van der Waals surface area contributed by atoms with Gasteiger partial charge in [0.05, 0.1) is 11.5 Å². The maximum absolute atomic E-state index is 5.70. The smallest absolute Gasteiger partial charge is 0.119 e. The molecule has 0 atom stereocenters. The largest absolute Gasteiger partial charge is 0.494 e. The first-order valence-electron chi connectivity index (χ1n) is 6.17. The molecule has 0 saturated carbocycles. The van der Waals surface area contributed by atoms with Gasteiger partial charge in [0.25, 0.3) is 0 Å². The standard InChI is InChI=1S/C14H14OS3/c1-2-7-15-10-4-6-11-9(8-10)3-5-12-13(11)17-18-14(12)16/h4,6,8H,2-3,5,7H2,1H3. The SMILES string of the molecule is CCCOc1ccc2c(c1)CCc1c-2ssc1=S. The minimum Gasteiger partial charge on any atom is -0.494 e. The molecule has 0 spiro atoms. The second kappa shape index (κ2) is 5.11. The number of rotatable bonds is 3. The number of aryl methyl sites for hydroxylation is 1. The van der Waals surface area contributed by atoms with E-state index in [1.165, 1.54) is 21.6 Å². The van der Waals surface area contributed by atoms with Crippen molar-refractivity contribution < 1.29 is 4.74 Å². The molecule has 1 aromatic heterocycles. The van der Waals surface area contributed by atoms with Gasteiger partial charge in [-0.25, -0.2) is 0 Å². The molecular weight excluding hydrogens is 280 g/mol. The van der Waals surface area contributed by atoms with Crippen LogP contribution in [0.3, 0.4) is 0 Å². The summed E-state index contributed by atoms with van der Waals surface area (Å²) in [5.74, 6) is 0.998. The fourth-order valence-corrected chi connectivity index (χ4v) is 5.31. The minimum atomic E-state index is 0.793. The van der Waals surface area contributed by atoms with E-state index >= 15 is 0 Å². The highest BCUT2D eigenvalue weighted by Gasteiger charge is 2.19. The van der Waals surface area contributed by atoms with Gasteiger partial charge in [0.2, 0.25) is 0 Å². The molecule has 0 N–H and O–H groups in total. The number of hydrogen-bond donors (Lipinski definition) is 0. The zero-order valence-corrected chi connectivity index (χ0v) is 12.6. The summed E-state index contributed by atoms with van der Waals surface area (Å²) in [5.41, 5.74) is 4.15. The van der Waals surface area contributed by atoms with Gasteiger partial charge in [-0.2, -0.15) is 0 Å². The van der Waals surface area contributed by atoms with Gasteiger partial charge in [-0.05, 0) is 48.6 Å². The van der Waals surface area contributed by atoms with Crippen molar-refractivity contribution in [3.63, 3.8) is 0 Å². The lowest BCUT2D eigenvalue weighted by Crippen LogP contribution is -2.03. The molecule has 1 heterocycles. The number of fused-ring (bicyclic) bond motifs is 3. The van der Waals surface area contributed by atoms with E-state index in [-0.39, 0.29) is 0 Å². The normalized spacial score (nSPS) is 12.9. The van der Waals surface area contributed by atoms with Crippen molar-refractivity contribution in [2.75, 3.05) is 6.61 Å². The molecule has 1 aliphatic rings. The summed E-state index contributed by atoms with van der Waals surface area (Å²) >= 11 is 5.39. The minimum absolute atomic E-state index is 0.793. The first-order chi connectivity index (χ1) is 8.79. The third kappa shape index (κ3) is 2.13. The molecule has 0 radical (unpaired) electrons. The number of benzene rings is 1. The Morgan fingerprint density at radius 1 is 1.28 bits per heavy atom. The molecule has 0 fully saturated rings. The fraction of sp³-hybridized carbons (Fsp3) is 0.357. The lowest BCUT2D eigenvalue weighted by Gasteiger charge is -2.17. The first kappa shape index (κ1) is 12.3. The van der Waals surface area contributed by atoms with Crippen LogP contribution in [0.4, 0.5) is 0 Å². The molecule has 2 aromatic rings. The summed E-state index contributed by atoms with van der Waals surface area (Å²) in [6.07, 6.45) is 3.21. The number of ether oxygens (including phenoxy) is 1. The molecule has 1 nitrogen and oxygen atoms in total. The van der Waals surface area contributed by atoms with Crippen molar-refractivity contribution in [2.45, 2.75) is 26.2 Å². The predicted molar refractivity (Wildman–Crippen MR) is 81.7 cm³/mol. The van der Waals surface area contributed by atoms with Crippen LogP contribution in [0.2, 0.25) is 0 Å². The highest BCUT2D eigenvalue weighted by Crippen LogP contribution is 2.41. The summed E-state index contributed by atoms with van der Waals surface area (Å²) in [4.78, 5) is 1.38. The first-order valence-corrected chi connectivity index (χ1v) is 8.73. The lowest BCUT2D eigenvalue weighted by molar-refractivity contribution is 0.317. The van der Waals surface area contributed by atoms with Crippen LogP contribution in [0.5, 0.6) is 5.75 Å². The molecule has 0 unspecified atom stereocenters.